The fraction of sp³-hybridized carbons (Fsp3) is 0.0556. The highest BCUT2D eigenvalue weighted by molar-refractivity contribution is 6.21. The molecule has 0 atom stereocenters. The largest absolute Gasteiger partial charge is 0.457 e. The van der Waals surface area contributed by atoms with Gasteiger partial charge >= 0.3 is 6.18 Å². The molecule has 7 rings (SSSR count). The molecule has 9 heteroatoms. The Labute approximate surface area is 253 Å². The summed E-state index contributed by atoms with van der Waals surface area (Å²) in [6.45, 7) is 2.00. The van der Waals surface area contributed by atoms with Crippen LogP contribution in [0.15, 0.2) is 107 Å². The summed E-state index contributed by atoms with van der Waals surface area (Å²) in [4.78, 5) is 8.31. The molecule has 0 spiro atoms. The zero-order chi connectivity index (χ0) is 31.3. The molecule has 0 bridgehead atoms. The number of hydrogen-bond donors (Lipinski definition) is 0. The van der Waals surface area contributed by atoms with Gasteiger partial charge in [0.25, 0.3) is 0 Å². The van der Waals surface area contributed by atoms with E-state index in [1.54, 1.807) is 12.1 Å². The van der Waals surface area contributed by atoms with E-state index < -0.39 is 11.7 Å². The van der Waals surface area contributed by atoms with Crippen molar-refractivity contribution < 1.29 is 22.6 Å². The Bertz CT molecular complexity index is 2490. The molecule has 216 valence electrons. The molecule has 0 saturated heterocycles. The standard InChI is InChI=1S/C36H19F3N4O2/c1-20-2-6-22(7-3-20)44-24-10-12-26-28-16-33-29(17-32(28)34(42-18-40)30(26)14-24)27-13-11-25(15-31(27)35(33)43-19-41)45-23-8-4-21(5-9-23)36(37,38)39/h2-17H,1H3/b42-34+,43-35+. The van der Waals surface area contributed by atoms with Crippen LogP contribution in [0.25, 0.3) is 43.1 Å². The number of ether oxygens (including phenoxy) is 2. The number of nitriles is 2. The van der Waals surface area contributed by atoms with Crippen molar-refractivity contribution in [1.82, 2.24) is 0 Å². The number of aryl methyl sites for hydroxylation is 1. The van der Waals surface area contributed by atoms with Gasteiger partial charge in [0.05, 0.1) is 16.3 Å². The van der Waals surface area contributed by atoms with E-state index in [9.17, 15) is 23.7 Å². The van der Waals surface area contributed by atoms with Gasteiger partial charge in [-0.3, -0.25) is 0 Å². The molecule has 7 aromatic rings. The normalized spacial score (nSPS) is 12.7. The molecule has 0 aliphatic carbocycles. The first-order valence-corrected chi connectivity index (χ1v) is 13.7. The molecule has 0 radical (unpaired) electrons. The number of fused-ring (bicyclic) bond motifs is 6. The van der Waals surface area contributed by atoms with Gasteiger partial charge in [0, 0.05) is 21.5 Å². The molecule has 0 aliphatic heterocycles. The molecular formula is C36H19F3N4O2. The van der Waals surface area contributed by atoms with Gasteiger partial charge in [-0.05, 0) is 113 Å². The predicted molar refractivity (Wildman–Crippen MR) is 164 cm³/mol. The Morgan fingerprint density at radius 3 is 1.33 bits per heavy atom. The number of benzene rings is 5. The zero-order valence-electron chi connectivity index (χ0n) is 23.5. The van der Waals surface area contributed by atoms with Crippen molar-refractivity contribution in [2.24, 2.45) is 9.98 Å². The van der Waals surface area contributed by atoms with Crippen LogP contribution >= 0.6 is 0 Å². The first-order chi connectivity index (χ1) is 21.7. The van der Waals surface area contributed by atoms with Crippen LogP contribution in [-0.2, 0) is 6.18 Å². The molecule has 0 saturated carbocycles. The predicted octanol–water partition coefficient (Wildman–Crippen LogP) is 8.85. The van der Waals surface area contributed by atoms with E-state index in [1.807, 2.05) is 80.0 Å². The van der Waals surface area contributed by atoms with Gasteiger partial charge in [-0.2, -0.15) is 33.7 Å². The Balaban J connectivity index is 1.38. The summed E-state index contributed by atoms with van der Waals surface area (Å²) in [5, 5.41) is 26.3. The fourth-order valence-corrected chi connectivity index (χ4v) is 5.69. The minimum Gasteiger partial charge on any atom is -0.457 e. The molecule has 0 fully saturated rings. The van der Waals surface area contributed by atoms with Crippen molar-refractivity contribution in [3.63, 3.8) is 0 Å². The average molecular weight is 597 g/mol. The monoisotopic (exact) mass is 596 g/mol. The van der Waals surface area contributed by atoms with Crippen LogP contribution < -0.4 is 20.2 Å². The molecule has 6 nitrogen and oxygen atoms in total. The van der Waals surface area contributed by atoms with E-state index in [2.05, 4.69) is 9.98 Å². The average Bonchev–Trinajstić information content (AvgIpc) is 3.48. The summed E-state index contributed by atoms with van der Waals surface area (Å²) in [7, 11) is 0. The molecule has 7 aromatic carbocycles. The van der Waals surface area contributed by atoms with Crippen LogP contribution in [0.4, 0.5) is 13.2 Å². The van der Waals surface area contributed by atoms with Gasteiger partial charge in [-0.25, -0.2) is 0 Å². The van der Waals surface area contributed by atoms with Crippen LogP contribution in [0.3, 0.4) is 0 Å². The van der Waals surface area contributed by atoms with Crippen molar-refractivity contribution in [3.05, 3.63) is 119 Å². The Morgan fingerprint density at radius 1 is 0.511 bits per heavy atom. The maximum Gasteiger partial charge on any atom is 0.416 e. The van der Waals surface area contributed by atoms with Gasteiger partial charge in [0.2, 0.25) is 12.4 Å². The van der Waals surface area contributed by atoms with Gasteiger partial charge in [-0.1, -0.05) is 17.7 Å². The third-order valence-corrected chi connectivity index (χ3v) is 7.74. The first-order valence-electron chi connectivity index (χ1n) is 13.7. The van der Waals surface area contributed by atoms with Crippen LogP contribution in [0.2, 0.25) is 0 Å². The number of hydrogen-bond acceptors (Lipinski definition) is 6. The van der Waals surface area contributed by atoms with E-state index in [0.717, 1.165) is 55.4 Å². The summed E-state index contributed by atoms with van der Waals surface area (Å²) < 4.78 is 50.9. The van der Waals surface area contributed by atoms with Crippen LogP contribution in [0.1, 0.15) is 11.1 Å². The lowest BCUT2D eigenvalue weighted by Gasteiger charge is -2.09. The number of alkyl halides is 3. The molecular weight excluding hydrogens is 577 g/mol. The Kier molecular flexibility index (Phi) is 6.46. The van der Waals surface area contributed by atoms with E-state index in [0.29, 0.717) is 33.3 Å². The lowest BCUT2D eigenvalue weighted by Crippen LogP contribution is -2.04. The molecule has 0 aliphatic rings. The van der Waals surface area contributed by atoms with E-state index in [4.69, 9.17) is 9.47 Å². The second kappa shape index (κ2) is 10.5. The highest BCUT2D eigenvalue weighted by Gasteiger charge is 2.30. The number of rotatable bonds is 4. The van der Waals surface area contributed by atoms with E-state index in [1.165, 1.54) is 12.1 Å². The maximum absolute atomic E-state index is 13.0. The highest BCUT2D eigenvalue weighted by Crippen LogP contribution is 2.36. The van der Waals surface area contributed by atoms with Crippen molar-refractivity contribution in [2.75, 3.05) is 0 Å². The second-order valence-corrected chi connectivity index (χ2v) is 10.5. The Morgan fingerprint density at radius 2 is 0.911 bits per heavy atom. The number of nitrogens with zero attached hydrogens (tertiary/aromatic N) is 4. The van der Waals surface area contributed by atoms with Crippen molar-refractivity contribution in [3.8, 4) is 35.4 Å². The van der Waals surface area contributed by atoms with Gasteiger partial charge in [0.1, 0.15) is 23.0 Å². The van der Waals surface area contributed by atoms with Gasteiger partial charge in [0.15, 0.2) is 0 Å². The molecule has 0 aromatic heterocycles. The first kappa shape index (κ1) is 27.6. The van der Waals surface area contributed by atoms with E-state index >= 15 is 0 Å². The SMILES string of the molecule is Cc1ccc(Oc2ccc3c(c2)/c(=N\C#N)c2cc4c(cc23)/c(=N/C#N)c2cc(Oc3ccc(C(F)(F)F)cc3)ccc24)cc1. The van der Waals surface area contributed by atoms with Gasteiger partial charge < -0.3 is 9.47 Å². The highest BCUT2D eigenvalue weighted by atomic mass is 19.4. The van der Waals surface area contributed by atoms with Crippen molar-refractivity contribution >= 4 is 43.1 Å². The molecule has 45 heavy (non-hydrogen) atoms. The number of halogens is 3. The smallest absolute Gasteiger partial charge is 0.416 e. The van der Waals surface area contributed by atoms with Crippen LogP contribution in [-0.4, -0.2) is 0 Å². The van der Waals surface area contributed by atoms with Crippen molar-refractivity contribution in [1.29, 1.82) is 10.5 Å². The molecule has 0 N–H and O–H groups in total. The topological polar surface area (TPSA) is 90.8 Å². The quantitative estimate of drug-likeness (QED) is 0.190. The summed E-state index contributed by atoms with van der Waals surface area (Å²) in [6, 6.07) is 26.9. The summed E-state index contributed by atoms with van der Waals surface area (Å²) in [5.41, 5.74) is 0.346. The molecule has 0 amide bonds. The fourth-order valence-electron chi connectivity index (χ4n) is 5.69. The lowest BCUT2D eigenvalue weighted by molar-refractivity contribution is -0.137. The molecule has 0 heterocycles. The minimum atomic E-state index is -4.45. The van der Waals surface area contributed by atoms with Crippen LogP contribution in [0.5, 0.6) is 23.0 Å². The zero-order valence-corrected chi connectivity index (χ0v) is 23.5. The summed E-state index contributed by atoms with van der Waals surface area (Å²) in [5.74, 6) is 1.89. The second-order valence-electron chi connectivity index (χ2n) is 10.5. The third-order valence-electron chi connectivity index (χ3n) is 7.74. The van der Waals surface area contributed by atoms with Gasteiger partial charge in [-0.15, -0.1) is 0 Å². The van der Waals surface area contributed by atoms with Crippen LogP contribution in [0, 0.1) is 29.8 Å². The third kappa shape index (κ3) is 4.87. The molecule has 0 unspecified atom stereocenters. The van der Waals surface area contributed by atoms with Crippen molar-refractivity contribution in [2.45, 2.75) is 13.1 Å². The Hall–Kier alpha value is -6.19. The lowest BCUT2D eigenvalue weighted by atomic mass is 10.1. The van der Waals surface area contributed by atoms with E-state index in [-0.39, 0.29) is 5.75 Å². The summed E-state index contributed by atoms with van der Waals surface area (Å²) in [6.07, 6.45) is -0.633. The minimum absolute atomic E-state index is 0.232. The summed E-state index contributed by atoms with van der Waals surface area (Å²) >= 11 is 0. The maximum atomic E-state index is 13.0.